The van der Waals surface area contributed by atoms with Gasteiger partial charge in [0.1, 0.15) is 5.82 Å². The van der Waals surface area contributed by atoms with Crippen molar-refractivity contribution < 1.29 is 4.39 Å². The van der Waals surface area contributed by atoms with E-state index in [1.54, 1.807) is 0 Å². The molecule has 3 rings (SSSR count). The number of nitrogens with one attached hydrogen (secondary N) is 2. The maximum atomic E-state index is 13.0. The minimum absolute atomic E-state index is 0.200. The van der Waals surface area contributed by atoms with Crippen LogP contribution >= 0.6 is 0 Å². The van der Waals surface area contributed by atoms with Gasteiger partial charge in [0.2, 0.25) is 0 Å². The van der Waals surface area contributed by atoms with Gasteiger partial charge >= 0.3 is 0 Å². The molecule has 0 aromatic heterocycles. The average Bonchev–Trinajstić information content (AvgIpc) is 3.23. The molecule has 4 nitrogen and oxygen atoms in total. The topological polar surface area (TPSA) is 39.7 Å². The van der Waals surface area contributed by atoms with E-state index in [-0.39, 0.29) is 5.82 Å². The molecule has 1 heterocycles. The molecule has 0 bridgehead atoms. The zero-order chi connectivity index (χ0) is 18.9. The van der Waals surface area contributed by atoms with Crippen LogP contribution < -0.4 is 15.5 Å². The zero-order valence-electron chi connectivity index (χ0n) is 15.8. The van der Waals surface area contributed by atoms with Crippen molar-refractivity contribution in [3.05, 3.63) is 77.6 Å². The predicted octanol–water partition coefficient (Wildman–Crippen LogP) is 3.50. The van der Waals surface area contributed by atoms with Crippen molar-refractivity contribution in [2.24, 2.45) is 4.99 Å². The second-order valence-electron chi connectivity index (χ2n) is 6.54. The van der Waals surface area contributed by atoms with E-state index in [1.807, 2.05) is 12.1 Å². The smallest absolute Gasteiger partial charge is 0.191 e. The Hall–Kier alpha value is -2.82. The lowest BCUT2D eigenvalue weighted by Crippen LogP contribution is -2.38. The van der Waals surface area contributed by atoms with Gasteiger partial charge in [-0.1, -0.05) is 36.4 Å². The highest BCUT2D eigenvalue weighted by Gasteiger charge is 2.07. The third-order valence-corrected chi connectivity index (χ3v) is 4.50. The number of anilines is 1. The second-order valence-corrected chi connectivity index (χ2v) is 6.54. The van der Waals surface area contributed by atoms with Gasteiger partial charge in [-0.15, -0.1) is 0 Å². The zero-order valence-corrected chi connectivity index (χ0v) is 15.8. The van der Waals surface area contributed by atoms with Crippen LogP contribution in [0.15, 0.2) is 65.7 Å². The summed E-state index contributed by atoms with van der Waals surface area (Å²) in [6.07, 6.45) is 5.21. The lowest BCUT2D eigenvalue weighted by molar-refractivity contribution is 0.626. The summed E-state index contributed by atoms with van der Waals surface area (Å²) in [5.41, 5.74) is 3.53. The Morgan fingerprint density at radius 3 is 2.30 bits per heavy atom. The largest absolute Gasteiger partial charge is 0.364 e. The fraction of sp³-hybridized carbons (Fsp3) is 0.318. The average molecular weight is 366 g/mol. The fourth-order valence-electron chi connectivity index (χ4n) is 2.99. The molecule has 5 heteroatoms. The van der Waals surface area contributed by atoms with Gasteiger partial charge in [-0.05, 0) is 48.7 Å². The molecule has 2 aromatic carbocycles. The normalized spacial score (nSPS) is 13.9. The van der Waals surface area contributed by atoms with Gasteiger partial charge in [0.25, 0.3) is 0 Å². The van der Waals surface area contributed by atoms with Crippen LogP contribution in [0.2, 0.25) is 0 Å². The van der Waals surface area contributed by atoms with Crippen LogP contribution in [-0.4, -0.2) is 32.1 Å². The van der Waals surface area contributed by atoms with Crippen LogP contribution in [0.3, 0.4) is 0 Å². The van der Waals surface area contributed by atoms with Gasteiger partial charge in [0, 0.05) is 31.9 Å². The van der Waals surface area contributed by atoms with E-state index in [1.165, 1.54) is 23.4 Å². The molecule has 0 fully saturated rings. The van der Waals surface area contributed by atoms with Crippen molar-refractivity contribution in [3.63, 3.8) is 0 Å². The van der Waals surface area contributed by atoms with Crippen molar-refractivity contribution in [2.75, 3.05) is 31.1 Å². The van der Waals surface area contributed by atoms with Gasteiger partial charge in [-0.3, -0.25) is 0 Å². The van der Waals surface area contributed by atoms with E-state index >= 15 is 0 Å². The fourth-order valence-corrected chi connectivity index (χ4v) is 2.99. The lowest BCUT2D eigenvalue weighted by atomic mass is 10.1. The monoisotopic (exact) mass is 366 g/mol. The van der Waals surface area contributed by atoms with E-state index in [4.69, 9.17) is 0 Å². The van der Waals surface area contributed by atoms with Gasteiger partial charge in [0.15, 0.2) is 5.96 Å². The van der Waals surface area contributed by atoms with Crippen molar-refractivity contribution >= 4 is 11.6 Å². The summed E-state index contributed by atoms with van der Waals surface area (Å²) in [6, 6.07) is 15.2. The molecule has 0 saturated carbocycles. The molecule has 0 amide bonds. The van der Waals surface area contributed by atoms with Crippen LogP contribution in [0.5, 0.6) is 0 Å². The van der Waals surface area contributed by atoms with Crippen molar-refractivity contribution in [3.8, 4) is 0 Å². The number of aliphatic imine (C=N–C) groups is 1. The highest BCUT2D eigenvalue weighted by atomic mass is 19.1. The van der Waals surface area contributed by atoms with E-state index in [2.05, 4.69) is 63.9 Å². The summed E-state index contributed by atoms with van der Waals surface area (Å²) in [7, 11) is 0. The number of benzene rings is 2. The first-order valence-corrected chi connectivity index (χ1v) is 9.50. The van der Waals surface area contributed by atoms with Crippen molar-refractivity contribution in [1.29, 1.82) is 0 Å². The van der Waals surface area contributed by atoms with Gasteiger partial charge in [0.05, 0.1) is 6.54 Å². The van der Waals surface area contributed by atoms with Gasteiger partial charge in [-0.2, -0.15) is 0 Å². The molecule has 0 aliphatic carbocycles. The molecule has 27 heavy (non-hydrogen) atoms. The minimum Gasteiger partial charge on any atom is -0.364 e. The third-order valence-electron chi connectivity index (χ3n) is 4.50. The molecule has 0 atom stereocenters. The first kappa shape index (κ1) is 19.0. The van der Waals surface area contributed by atoms with Gasteiger partial charge < -0.3 is 15.5 Å². The van der Waals surface area contributed by atoms with Crippen molar-refractivity contribution in [1.82, 2.24) is 10.6 Å². The Balaban J connectivity index is 1.51. The Bertz CT molecular complexity index is 758. The second kappa shape index (κ2) is 9.76. The van der Waals surface area contributed by atoms with E-state index in [0.29, 0.717) is 6.54 Å². The molecule has 0 spiro atoms. The molecule has 0 radical (unpaired) electrons. The molecular weight excluding hydrogens is 339 g/mol. The van der Waals surface area contributed by atoms with Crippen LogP contribution in [0.1, 0.15) is 18.1 Å². The van der Waals surface area contributed by atoms with Crippen LogP contribution in [0.4, 0.5) is 10.1 Å². The lowest BCUT2D eigenvalue weighted by Gasteiger charge is -2.17. The number of halogens is 1. The molecular formula is C22H27FN4. The number of nitrogens with zero attached hydrogens (tertiary/aromatic N) is 2. The first-order chi connectivity index (χ1) is 13.2. The summed E-state index contributed by atoms with van der Waals surface area (Å²) < 4.78 is 13.0. The first-order valence-electron chi connectivity index (χ1n) is 9.50. The maximum absolute atomic E-state index is 13.0. The SMILES string of the molecule is CCNC(=NCc1ccc(N2CC=CC2)cc1)NCCc1ccc(F)cc1. The molecule has 1 aliphatic heterocycles. The van der Waals surface area contributed by atoms with Crippen LogP contribution in [0.25, 0.3) is 0 Å². The minimum atomic E-state index is -0.200. The number of guanidine groups is 1. The maximum Gasteiger partial charge on any atom is 0.191 e. The van der Waals surface area contributed by atoms with E-state index in [9.17, 15) is 4.39 Å². The molecule has 1 aliphatic rings. The molecule has 0 saturated heterocycles. The third kappa shape index (κ3) is 5.84. The highest BCUT2D eigenvalue weighted by molar-refractivity contribution is 5.79. The Labute approximate surface area is 160 Å². The number of hydrogen-bond acceptors (Lipinski definition) is 2. The summed E-state index contributed by atoms with van der Waals surface area (Å²) in [5.74, 6) is 0.598. The van der Waals surface area contributed by atoms with Crippen molar-refractivity contribution in [2.45, 2.75) is 19.9 Å². The Morgan fingerprint density at radius 2 is 1.63 bits per heavy atom. The quantitative estimate of drug-likeness (QED) is 0.448. The summed E-state index contributed by atoms with van der Waals surface area (Å²) >= 11 is 0. The molecule has 0 unspecified atom stereocenters. The Kier molecular flexibility index (Phi) is 6.85. The van der Waals surface area contributed by atoms with Crippen LogP contribution in [0, 0.1) is 5.82 Å². The molecule has 2 aromatic rings. The highest BCUT2D eigenvalue weighted by Crippen LogP contribution is 2.17. The van der Waals surface area contributed by atoms with E-state index in [0.717, 1.165) is 44.1 Å². The predicted molar refractivity (Wildman–Crippen MR) is 111 cm³/mol. The standard InChI is InChI=1S/C22H27FN4/c1-2-24-22(25-14-13-18-5-9-20(23)10-6-18)26-17-19-7-11-21(12-8-19)27-15-3-4-16-27/h3-12H,2,13-17H2,1H3,(H2,24,25,26). The molecule has 142 valence electrons. The van der Waals surface area contributed by atoms with Gasteiger partial charge in [-0.25, -0.2) is 9.38 Å². The number of hydrogen-bond donors (Lipinski definition) is 2. The Morgan fingerprint density at radius 1 is 0.963 bits per heavy atom. The molecule has 2 N–H and O–H groups in total. The summed E-state index contributed by atoms with van der Waals surface area (Å²) in [4.78, 5) is 6.99. The number of rotatable bonds is 7. The summed E-state index contributed by atoms with van der Waals surface area (Å²) in [5, 5.41) is 6.61. The summed E-state index contributed by atoms with van der Waals surface area (Å²) in [6.45, 7) is 6.21. The van der Waals surface area contributed by atoms with E-state index < -0.39 is 0 Å². The van der Waals surface area contributed by atoms with Crippen LogP contribution in [-0.2, 0) is 13.0 Å².